The molecule has 1 heterocycles. The Hall–Kier alpha value is 0.310. The first kappa shape index (κ1) is 7.42. The van der Waals surface area contributed by atoms with Crippen molar-refractivity contribution in [3.05, 3.63) is 0 Å². The summed E-state index contributed by atoms with van der Waals surface area (Å²) < 4.78 is 0. The molecule has 0 aliphatic carbocycles. The molecule has 1 aliphatic rings. The van der Waals surface area contributed by atoms with Gasteiger partial charge in [0.1, 0.15) is 0 Å². The Morgan fingerprint density at radius 1 is 1.33 bits per heavy atom. The third kappa shape index (κ3) is 2.59. The fourth-order valence-corrected chi connectivity index (χ4v) is 1.57. The van der Waals surface area contributed by atoms with Gasteiger partial charge in [-0.15, -0.1) is 0 Å². The highest BCUT2D eigenvalue weighted by Gasteiger charge is 2.22. The number of nitrogens with one attached hydrogen (secondary N) is 1. The van der Waals surface area contributed by atoms with E-state index < -0.39 is 0 Å². The molecular weight excluding hydrogens is 130 g/mol. The van der Waals surface area contributed by atoms with Crippen LogP contribution in [0.3, 0.4) is 0 Å². The summed E-state index contributed by atoms with van der Waals surface area (Å²) in [6.07, 6.45) is 0. The molecule has 2 heteroatoms. The minimum atomic E-state index is 0.311. The SMILES string of the molecule is CC(C)(C)NC1CSC1. The molecule has 1 rings (SSSR count). The van der Waals surface area contributed by atoms with E-state index in [2.05, 4.69) is 26.1 Å². The van der Waals surface area contributed by atoms with Crippen molar-refractivity contribution in [2.45, 2.75) is 32.4 Å². The normalized spacial score (nSPS) is 21.7. The van der Waals surface area contributed by atoms with E-state index in [1.165, 1.54) is 11.5 Å². The van der Waals surface area contributed by atoms with Crippen molar-refractivity contribution < 1.29 is 0 Å². The van der Waals surface area contributed by atoms with Crippen LogP contribution in [0.15, 0.2) is 0 Å². The second kappa shape index (κ2) is 2.51. The predicted molar refractivity (Wildman–Crippen MR) is 44.0 cm³/mol. The molecule has 0 aromatic heterocycles. The van der Waals surface area contributed by atoms with Gasteiger partial charge in [0.25, 0.3) is 0 Å². The molecule has 0 spiro atoms. The van der Waals surface area contributed by atoms with Crippen LogP contribution in [0.1, 0.15) is 20.8 Å². The zero-order chi connectivity index (χ0) is 6.91. The summed E-state index contributed by atoms with van der Waals surface area (Å²) in [5.41, 5.74) is 0.311. The fraction of sp³-hybridized carbons (Fsp3) is 1.00. The van der Waals surface area contributed by atoms with Crippen molar-refractivity contribution in [2.75, 3.05) is 11.5 Å². The minimum absolute atomic E-state index is 0.311. The molecule has 0 atom stereocenters. The Labute approximate surface area is 61.6 Å². The van der Waals surface area contributed by atoms with E-state index in [0.717, 1.165) is 6.04 Å². The monoisotopic (exact) mass is 145 g/mol. The maximum atomic E-state index is 3.53. The van der Waals surface area contributed by atoms with Gasteiger partial charge < -0.3 is 5.32 Å². The van der Waals surface area contributed by atoms with Gasteiger partial charge in [0.05, 0.1) is 0 Å². The molecular formula is C7H15NS. The molecule has 0 saturated carbocycles. The van der Waals surface area contributed by atoms with E-state index >= 15 is 0 Å². The van der Waals surface area contributed by atoms with Gasteiger partial charge in [-0.3, -0.25) is 0 Å². The molecule has 54 valence electrons. The third-order valence-electron chi connectivity index (χ3n) is 1.28. The van der Waals surface area contributed by atoms with Crippen molar-refractivity contribution >= 4 is 11.8 Å². The molecule has 0 radical (unpaired) electrons. The first-order chi connectivity index (χ1) is 4.08. The van der Waals surface area contributed by atoms with Crippen LogP contribution in [0.4, 0.5) is 0 Å². The number of hydrogen-bond donors (Lipinski definition) is 1. The second-order valence-electron chi connectivity index (χ2n) is 3.63. The second-order valence-corrected chi connectivity index (χ2v) is 4.70. The van der Waals surface area contributed by atoms with Crippen molar-refractivity contribution in [3.8, 4) is 0 Å². The number of hydrogen-bond acceptors (Lipinski definition) is 2. The quantitative estimate of drug-likeness (QED) is 0.600. The summed E-state index contributed by atoms with van der Waals surface area (Å²) >= 11 is 2.02. The molecule has 1 fully saturated rings. The highest BCUT2D eigenvalue weighted by molar-refractivity contribution is 8.00. The maximum absolute atomic E-state index is 3.53. The van der Waals surface area contributed by atoms with E-state index in [4.69, 9.17) is 0 Å². The summed E-state index contributed by atoms with van der Waals surface area (Å²) in [6.45, 7) is 6.65. The molecule has 0 bridgehead atoms. The van der Waals surface area contributed by atoms with E-state index in [1.54, 1.807) is 0 Å². The van der Waals surface area contributed by atoms with Crippen molar-refractivity contribution in [1.82, 2.24) is 5.32 Å². The van der Waals surface area contributed by atoms with Gasteiger partial charge in [0.15, 0.2) is 0 Å². The van der Waals surface area contributed by atoms with E-state index in [1.807, 2.05) is 11.8 Å². The summed E-state index contributed by atoms with van der Waals surface area (Å²) in [6, 6.07) is 0.787. The average Bonchev–Trinajstić information content (AvgIpc) is 1.53. The van der Waals surface area contributed by atoms with Gasteiger partial charge in [0.2, 0.25) is 0 Å². The minimum Gasteiger partial charge on any atom is -0.308 e. The predicted octanol–water partition coefficient (Wildman–Crippen LogP) is 1.49. The molecule has 1 saturated heterocycles. The van der Waals surface area contributed by atoms with Gasteiger partial charge in [-0.1, -0.05) is 0 Å². The fourth-order valence-electron chi connectivity index (χ4n) is 0.931. The molecule has 0 aromatic rings. The van der Waals surface area contributed by atoms with Gasteiger partial charge in [-0.25, -0.2) is 0 Å². The van der Waals surface area contributed by atoms with Crippen molar-refractivity contribution in [1.29, 1.82) is 0 Å². The van der Waals surface area contributed by atoms with E-state index in [0.29, 0.717) is 5.54 Å². The van der Waals surface area contributed by atoms with Gasteiger partial charge in [0, 0.05) is 23.1 Å². The van der Waals surface area contributed by atoms with Crippen molar-refractivity contribution in [2.24, 2.45) is 0 Å². The van der Waals surface area contributed by atoms with E-state index in [9.17, 15) is 0 Å². The highest BCUT2D eigenvalue weighted by atomic mass is 32.2. The lowest BCUT2D eigenvalue weighted by atomic mass is 10.1. The largest absolute Gasteiger partial charge is 0.308 e. The van der Waals surface area contributed by atoms with Crippen LogP contribution < -0.4 is 5.32 Å². The first-order valence-corrected chi connectivity index (χ1v) is 4.59. The van der Waals surface area contributed by atoms with Gasteiger partial charge in [-0.05, 0) is 20.8 Å². The molecule has 0 aromatic carbocycles. The summed E-state index contributed by atoms with van der Waals surface area (Å²) in [7, 11) is 0. The summed E-state index contributed by atoms with van der Waals surface area (Å²) in [5.74, 6) is 2.61. The lowest BCUT2D eigenvalue weighted by Gasteiger charge is -2.33. The van der Waals surface area contributed by atoms with Crippen LogP contribution in [0.2, 0.25) is 0 Å². The van der Waals surface area contributed by atoms with Crippen LogP contribution in [-0.2, 0) is 0 Å². The van der Waals surface area contributed by atoms with Crippen LogP contribution in [-0.4, -0.2) is 23.1 Å². The topological polar surface area (TPSA) is 12.0 Å². The maximum Gasteiger partial charge on any atom is 0.0253 e. The van der Waals surface area contributed by atoms with E-state index in [-0.39, 0.29) is 0 Å². The number of rotatable bonds is 1. The molecule has 0 amide bonds. The standard InChI is InChI=1S/C7H15NS/c1-7(2,3)8-6-4-9-5-6/h6,8H,4-5H2,1-3H3. The number of thioether (sulfide) groups is 1. The third-order valence-corrected chi connectivity index (χ3v) is 2.55. The Bertz CT molecular complexity index is 91.6. The Morgan fingerprint density at radius 3 is 2.00 bits per heavy atom. The van der Waals surface area contributed by atoms with Crippen LogP contribution >= 0.6 is 11.8 Å². The summed E-state index contributed by atoms with van der Waals surface area (Å²) in [5, 5.41) is 3.53. The molecule has 1 nitrogen and oxygen atoms in total. The van der Waals surface area contributed by atoms with Crippen molar-refractivity contribution in [3.63, 3.8) is 0 Å². The van der Waals surface area contributed by atoms with Crippen LogP contribution in [0, 0.1) is 0 Å². The lowest BCUT2D eigenvalue weighted by Crippen LogP contribution is -2.50. The smallest absolute Gasteiger partial charge is 0.0253 e. The average molecular weight is 145 g/mol. The zero-order valence-electron chi connectivity index (χ0n) is 6.40. The van der Waals surface area contributed by atoms with Crippen LogP contribution in [0.5, 0.6) is 0 Å². The molecule has 0 unspecified atom stereocenters. The van der Waals surface area contributed by atoms with Gasteiger partial charge >= 0.3 is 0 Å². The first-order valence-electron chi connectivity index (χ1n) is 3.43. The van der Waals surface area contributed by atoms with Gasteiger partial charge in [-0.2, -0.15) is 11.8 Å². The molecule has 1 aliphatic heterocycles. The zero-order valence-corrected chi connectivity index (χ0v) is 7.22. The molecule has 1 N–H and O–H groups in total. The lowest BCUT2D eigenvalue weighted by molar-refractivity contribution is 0.385. The Kier molecular flexibility index (Phi) is 2.07. The Morgan fingerprint density at radius 2 is 1.89 bits per heavy atom. The summed E-state index contributed by atoms with van der Waals surface area (Å²) in [4.78, 5) is 0. The molecule has 9 heavy (non-hydrogen) atoms. The Balaban J connectivity index is 2.16. The van der Waals surface area contributed by atoms with Crippen LogP contribution in [0.25, 0.3) is 0 Å². The highest BCUT2D eigenvalue weighted by Crippen LogP contribution is 2.19.